The molecule has 0 amide bonds. The number of allylic oxidation sites excluding steroid dienone is 2. The van der Waals surface area contributed by atoms with E-state index in [-0.39, 0.29) is 18.0 Å². The first kappa shape index (κ1) is 21.2. The number of Topliss-reactive ketones (excluding diaryl/α,β-unsaturated/α-hetero) is 1. The van der Waals surface area contributed by atoms with Crippen molar-refractivity contribution in [2.45, 2.75) is 30.8 Å². The van der Waals surface area contributed by atoms with Crippen molar-refractivity contribution in [3.05, 3.63) is 58.4 Å². The van der Waals surface area contributed by atoms with Crippen LogP contribution >= 0.6 is 11.8 Å². The first-order chi connectivity index (χ1) is 15.4. The number of dihydropyridines is 1. The number of carbonyl (C=O) groups excluding carboxylic acids is 2. The van der Waals surface area contributed by atoms with Crippen LogP contribution in [-0.2, 0) is 14.3 Å². The van der Waals surface area contributed by atoms with E-state index >= 15 is 0 Å². The van der Waals surface area contributed by atoms with Gasteiger partial charge in [0, 0.05) is 30.1 Å². The molecule has 1 saturated heterocycles. The first-order valence-electron chi connectivity index (χ1n) is 11.1. The average molecular weight is 453 g/mol. The van der Waals surface area contributed by atoms with Crippen molar-refractivity contribution in [2.75, 3.05) is 44.7 Å². The SMILES string of the molecule is CCOC(=O)C1=C2Sc3ccccc3N2C2(C)NC(N3CCCN(C)CC3)=CC=C2C1=O. The van der Waals surface area contributed by atoms with Gasteiger partial charge < -0.3 is 24.8 Å². The Hall–Kier alpha value is -2.71. The highest BCUT2D eigenvalue weighted by atomic mass is 32.2. The smallest absolute Gasteiger partial charge is 0.344 e. The van der Waals surface area contributed by atoms with E-state index in [0.717, 1.165) is 49.0 Å². The molecule has 4 aliphatic heterocycles. The zero-order chi connectivity index (χ0) is 22.5. The van der Waals surface area contributed by atoms with Crippen molar-refractivity contribution in [3.8, 4) is 0 Å². The van der Waals surface area contributed by atoms with Crippen molar-refractivity contribution < 1.29 is 14.3 Å². The Kier molecular flexibility index (Phi) is 5.29. The molecule has 1 aromatic rings. The van der Waals surface area contributed by atoms with Crippen molar-refractivity contribution in [1.82, 2.24) is 15.1 Å². The minimum absolute atomic E-state index is 0.117. The van der Waals surface area contributed by atoms with E-state index in [9.17, 15) is 9.59 Å². The largest absolute Gasteiger partial charge is 0.462 e. The van der Waals surface area contributed by atoms with Crippen LogP contribution in [0, 0.1) is 0 Å². The molecule has 4 aliphatic rings. The Labute approximate surface area is 192 Å². The molecule has 1 N–H and O–H groups in total. The summed E-state index contributed by atoms with van der Waals surface area (Å²) in [5, 5.41) is 4.32. The number of carbonyl (C=O) groups is 2. The molecule has 8 heteroatoms. The van der Waals surface area contributed by atoms with Crippen LogP contribution in [0.5, 0.6) is 0 Å². The molecular formula is C24H28N4O3S. The summed E-state index contributed by atoms with van der Waals surface area (Å²) < 4.78 is 5.28. The number of esters is 1. The number of thioether (sulfide) groups is 1. The standard InChI is InChI=1S/C24H28N4O3S/c1-4-31-23(30)20-21(29)16-10-11-19(27-13-7-12-26(3)14-15-27)25-24(16,2)28-17-8-5-6-9-18(17)32-22(20)28/h5-6,8-11,25H,4,7,12-15H2,1-3H3. The maximum absolute atomic E-state index is 13.6. The van der Waals surface area contributed by atoms with Gasteiger partial charge in [-0.1, -0.05) is 23.9 Å². The topological polar surface area (TPSA) is 65.1 Å². The van der Waals surface area contributed by atoms with E-state index in [2.05, 4.69) is 27.1 Å². The van der Waals surface area contributed by atoms with E-state index in [1.54, 1.807) is 6.92 Å². The Balaban J connectivity index is 1.60. The summed E-state index contributed by atoms with van der Waals surface area (Å²) in [6.07, 6.45) is 4.94. The minimum atomic E-state index is -0.801. The molecule has 0 saturated carbocycles. The summed E-state index contributed by atoms with van der Waals surface area (Å²) in [7, 11) is 2.15. The Bertz CT molecular complexity index is 1080. The minimum Gasteiger partial charge on any atom is -0.462 e. The Morgan fingerprint density at radius 2 is 2.00 bits per heavy atom. The van der Waals surface area contributed by atoms with Gasteiger partial charge in [0.1, 0.15) is 22.1 Å². The summed E-state index contributed by atoms with van der Waals surface area (Å²) in [5.41, 5.74) is 0.855. The molecule has 1 atom stereocenters. The van der Waals surface area contributed by atoms with Gasteiger partial charge in [-0.2, -0.15) is 0 Å². The van der Waals surface area contributed by atoms with Gasteiger partial charge in [0.2, 0.25) is 5.78 Å². The summed E-state index contributed by atoms with van der Waals surface area (Å²) >= 11 is 1.46. The van der Waals surface area contributed by atoms with Gasteiger partial charge in [-0.15, -0.1) is 0 Å². The quantitative estimate of drug-likeness (QED) is 0.555. The summed E-state index contributed by atoms with van der Waals surface area (Å²) in [4.78, 5) is 34.3. The molecule has 1 unspecified atom stereocenters. The van der Waals surface area contributed by atoms with Crippen LogP contribution in [0.2, 0.25) is 0 Å². The molecule has 1 aromatic carbocycles. The first-order valence-corrected chi connectivity index (χ1v) is 11.9. The number of benzene rings is 1. The molecule has 32 heavy (non-hydrogen) atoms. The molecule has 0 spiro atoms. The lowest BCUT2D eigenvalue weighted by atomic mass is 9.85. The fraction of sp³-hybridized carbons (Fsp3) is 0.417. The number of likely N-dealkylation sites (N-methyl/N-ethyl adjacent to an activating group) is 1. The number of rotatable bonds is 3. The van der Waals surface area contributed by atoms with Gasteiger partial charge in [0.15, 0.2) is 0 Å². The lowest BCUT2D eigenvalue weighted by Crippen LogP contribution is -2.63. The third-order valence-corrected chi connectivity index (χ3v) is 7.64. The predicted octanol–water partition coefficient (Wildman–Crippen LogP) is 2.68. The zero-order valence-corrected chi connectivity index (χ0v) is 19.5. The number of anilines is 1. The van der Waals surface area contributed by atoms with Gasteiger partial charge in [0.25, 0.3) is 0 Å². The van der Waals surface area contributed by atoms with E-state index < -0.39 is 11.6 Å². The Morgan fingerprint density at radius 1 is 1.19 bits per heavy atom. The number of ether oxygens (including phenoxy) is 1. The van der Waals surface area contributed by atoms with Gasteiger partial charge in [-0.25, -0.2) is 4.79 Å². The van der Waals surface area contributed by atoms with E-state index in [4.69, 9.17) is 4.74 Å². The summed E-state index contributed by atoms with van der Waals surface area (Å²) in [5.74, 6) is 0.176. The summed E-state index contributed by atoms with van der Waals surface area (Å²) in [6.45, 7) is 7.95. The van der Waals surface area contributed by atoms with E-state index in [1.165, 1.54) is 11.8 Å². The van der Waals surface area contributed by atoms with Crippen LogP contribution in [0.4, 0.5) is 5.69 Å². The van der Waals surface area contributed by atoms with Crippen LogP contribution in [-0.4, -0.2) is 67.0 Å². The molecule has 0 bridgehead atoms. The highest BCUT2D eigenvalue weighted by molar-refractivity contribution is 8.03. The van der Waals surface area contributed by atoms with Gasteiger partial charge in [0.05, 0.1) is 12.3 Å². The number of hydrogen-bond acceptors (Lipinski definition) is 8. The maximum Gasteiger partial charge on any atom is 0.344 e. The van der Waals surface area contributed by atoms with Crippen molar-refractivity contribution in [2.24, 2.45) is 0 Å². The second-order valence-electron chi connectivity index (χ2n) is 8.61. The number of fused-ring (bicyclic) bond motifs is 5. The van der Waals surface area contributed by atoms with Gasteiger partial charge in [-0.3, -0.25) is 4.79 Å². The van der Waals surface area contributed by atoms with Crippen molar-refractivity contribution >= 4 is 29.2 Å². The molecule has 5 rings (SSSR count). The summed E-state index contributed by atoms with van der Waals surface area (Å²) in [6, 6.07) is 8.02. The molecule has 1 fully saturated rings. The van der Waals surface area contributed by atoms with Gasteiger partial charge >= 0.3 is 5.97 Å². The molecule has 0 aromatic heterocycles. The molecule has 168 valence electrons. The van der Waals surface area contributed by atoms with Crippen LogP contribution in [0.25, 0.3) is 0 Å². The molecule has 0 radical (unpaired) electrons. The highest BCUT2D eigenvalue weighted by Gasteiger charge is 2.53. The maximum atomic E-state index is 13.6. The average Bonchev–Trinajstić information content (AvgIpc) is 3.02. The number of nitrogens with one attached hydrogen (secondary N) is 1. The van der Waals surface area contributed by atoms with Gasteiger partial charge in [-0.05, 0) is 58.1 Å². The third-order valence-electron chi connectivity index (χ3n) is 6.49. The zero-order valence-electron chi connectivity index (χ0n) is 18.7. The van der Waals surface area contributed by atoms with E-state index in [0.29, 0.717) is 10.6 Å². The third kappa shape index (κ3) is 3.24. The normalized spacial score (nSPS) is 25.3. The fourth-order valence-electron chi connectivity index (χ4n) is 4.84. The second-order valence-corrected chi connectivity index (χ2v) is 9.64. The monoisotopic (exact) mass is 452 g/mol. The van der Waals surface area contributed by atoms with Crippen molar-refractivity contribution in [1.29, 1.82) is 0 Å². The second kappa shape index (κ2) is 8.01. The van der Waals surface area contributed by atoms with Crippen LogP contribution < -0.4 is 10.2 Å². The number of hydrogen-bond donors (Lipinski definition) is 1. The fourth-order valence-corrected chi connectivity index (χ4v) is 6.11. The van der Waals surface area contributed by atoms with Crippen molar-refractivity contribution in [3.63, 3.8) is 0 Å². The predicted molar refractivity (Wildman–Crippen MR) is 125 cm³/mol. The van der Waals surface area contributed by atoms with Crippen LogP contribution in [0.15, 0.2) is 63.3 Å². The van der Waals surface area contributed by atoms with E-state index in [1.807, 2.05) is 43.3 Å². The highest BCUT2D eigenvalue weighted by Crippen LogP contribution is 2.54. The molecule has 7 nitrogen and oxygen atoms in total. The number of ketones is 1. The van der Waals surface area contributed by atoms with Crippen LogP contribution in [0.3, 0.4) is 0 Å². The number of nitrogens with zero attached hydrogens (tertiary/aromatic N) is 3. The lowest BCUT2D eigenvalue weighted by Gasteiger charge is -2.49. The molecule has 0 aliphatic carbocycles. The Morgan fingerprint density at radius 3 is 2.81 bits per heavy atom. The van der Waals surface area contributed by atoms with Crippen LogP contribution in [0.1, 0.15) is 20.3 Å². The lowest BCUT2D eigenvalue weighted by molar-refractivity contribution is -0.139. The number of para-hydroxylation sites is 1. The molecule has 4 heterocycles. The molecular weight excluding hydrogens is 424 g/mol.